The second-order valence-corrected chi connectivity index (χ2v) is 7.53. The van der Waals surface area contributed by atoms with Crippen molar-refractivity contribution in [2.75, 3.05) is 6.61 Å². The molecule has 140 valence electrons. The van der Waals surface area contributed by atoms with Gasteiger partial charge in [0.25, 0.3) is 5.91 Å². The quantitative estimate of drug-likeness (QED) is 0.746. The number of thiophene rings is 1. The van der Waals surface area contributed by atoms with Gasteiger partial charge in [-0.3, -0.25) is 9.59 Å². The molecule has 1 aliphatic rings. The average Bonchev–Trinajstić information content (AvgIpc) is 3.31. The Labute approximate surface area is 156 Å². The van der Waals surface area contributed by atoms with E-state index in [1.807, 2.05) is 17.5 Å². The molecule has 1 saturated carbocycles. The van der Waals surface area contributed by atoms with E-state index in [1.54, 1.807) is 0 Å². The number of nitrogens with zero attached hydrogens (tertiary/aromatic N) is 2. The lowest BCUT2D eigenvalue weighted by Gasteiger charge is -2.29. The maximum absolute atomic E-state index is 11.9. The number of carbonyl (C=O) groups excluding carboxylic acids is 2. The van der Waals surface area contributed by atoms with Crippen molar-refractivity contribution in [2.24, 2.45) is 5.92 Å². The number of amides is 1. The number of esters is 1. The van der Waals surface area contributed by atoms with Crippen LogP contribution in [0.5, 0.6) is 0 Å². The Hall–Kier alpha value is -2.22. The second kappa shape index (κ2) is 8.93. The summed E-state index contributed by atoms with van der Waals surface area (Å²) in [6.45, 7) is 1.90. The number of aromatic nitrogens is 2. The number of aryl methyl sites for hydroxylation is 1. The minimum absolute atomic E-state index is 0.0964. The highest BCUT2D eigenvalue weighted by atomic mass is 32.1. The van der Waals surface area contributed by atoms with Crippen LogP contribution in [0.2, 0.25) is 0 Å². The molecule has 2 aromatic rings. The van der Waals surface area contributed by atoms with Gasteiger partial charge in [-0.2, -0.15) is 4.98 Å². The molecule has 0 spiro atoms. The molecule has 26 heavy (non-hydrogen) atoms. The van der Waals surface area contributed by atoms with E-state index in [2.05, 4.69) is 22.4 Å². The summed E-state index contributed by atoms with van der Waals surface area (Å²) in [7, 11) is 0. The molecule has 1 N–H and O–H groups in total. The first-order chi connectivity index (χ1) is 12.6. The van der Waals surface area contributed by atoms with Crippen LogP contribution >= 0.6 is 11.3 Å². The molecule has 0 aliphatic heterocycles. The number of rotatable bonds is 7. The maximum atomic E-state index is 11.9. The highest BCUT2D eigenvalue weighted by molar-refractivity contribution is 7.13. The molecule has 0 saturated heterocycles. The molecule has 2 aromatic heterocycles. The van der Waals surface area contributed by atoms with Gasteiger partial charge in [0.05, 0.1) is 11.3 Å². The smallest absolute Gasteiger partial charge is 0.306 e. The topological polar surface area (TPSA) is 94.3 Å². The first kappa shape index (κ1) is 18.6. The van der Waals surface area contributed by atoms with Crippen LogP contribution in [0.3, 0.4) is 0 Å². The van der Waals surface area contributed by atoms with E-state index >= 15 is 0 Å². The van der Waals surface area contributed by atoms with E-state index in [1.165, 1.54) is 17.8 Å². The summed E-state index contributed by atoms with van der Waals surface area (Å²) in [4.78, 5) is 28.9. The largest absolute Gasteiger partial charge is 0.456 e. The minimum Gasteiger partial charge on any atom is -0.456 e. The van der Waals surface area contributed by atoms with Crippen molar-refractivity contribution in [2.45, 2.75) is 51.5 Å². The molecule has 7 nitrogen and oxygen atoms in total. The second-order valence-electron chi connectivity index (χ2n) is 6.59. The summed E-state index contributed by atoms with van der Waals surface area (Å²) < 4.78 is 10.2. The predicted molar refractivity (Wildman–Crippen MR) is 96.5 cm³/mol. The molecule has 2 heterocycles. The SMILES string of the molecule is C[C@@H]1CCCC[C@@H]1NC(=O)COC(=O)CCc1nc(-c2cccs2)no1. The molecular weight excluding hydrogens is 354 g/mol. The van der Waals surface area contributed by atoms with Crippen LogP contribution in [0.1, 0.15) is 44.9 Å². The van der Waals surface area contributed by atoms with Gasteiger partial charge < -0.3 is 14.6 Å². The number of hydrogen-bond donors (Lipinski definition) is 1. The van der Waals surface area contributed by atoms with Crippen molar-refractivity contribution in [3.05, 3.63) is 23.4 Å². The molecule has 1 fully saturated rings. The lowest BCUT2D eigenvalue weighted by Crippen LogP contribution is -2.42. The molecule has 1 aliphatic carbocycles. The fraction of sp³-hybridized carbons (Fsp3) is 0.556. The Morgan fingerprint density at radius 2 is 2.23 bits per heavy atom. The van der Waals surface area contributed by atoms with E-state index in [9.17, 15) is 9.59 Å². The van der Waals surface area contributed by atoms with Gasteiger partial charge in [-0.1, -0.05) is 31.0 Å². The standard InChI is InChI=1S/C18H23N3O4S/c1-12-5-2-3-6-13(12)19-15(22)11-24-17(23)9-8-16-20-18(21-25-16)14-7-4-10-26-14/h4,7,10,12-13H,2-3,5-6,8-9,11H2,1H3,(H,19,22)/t12-,13+/m1/s1. The van der Waals surface area contributed by atoms with E-state index in [0.717, 1.165) is 24.1 Å². The zero-order valence-electron chi connectivity index (χ0n) is 14.8. The Morgan fingerprint density at radius 1 is 1.38 bits per heavy atom. The number of hydrogen-bond acceptors (Lipinski definition) is 7. The van der Waals surface area contributed by atoms with E-state index in [4.69, 9.17) is 9.26 Å². The first-order valence-electron chi connectivity index (χ1n) is 8.93. The van der Waals surface area contributed by atoms with Crippen molar-refractivity contribution < 1.29 is 18.8 Å². The van der Waals surface area contributed by atoms with E-state index in [0.29, 0.717) is 24.1 Å². The van der Waals surface area contributed by atoms with Crippen LogP contribution in [0.15, 0.2) is 22.0 Å². The van der Waals surface area contributed by atoms with Gasteiger partial charge >= 0.3 is 5.97 Å². The molecule has 0 radical (unpaired) electrons. The monoisotopic (exact) mass is 377 g/mol. The zero-order chi connectivity index (χ0) is 18.4. The van der Waals surface area contributed by atoms with Crippen molar-refractivity contribution in [1.29, 1.82) is 0 Å². The normalized spacial score (nSPS) is 19.9. The van der Waals surface area contributed by atoms with Gasteiger partial charge in [0.1, 0.15) is 0 Å². The van der Waals surface area contributed by atoms with Crippen LogP contribution in [0.25, 0.3) is 10.7 Å². The molecule has 2 atom stereocenters. The van der Waals surface area contributed by atoms with Gasteiger partial charge in [0.2, 0.25) is 11.7 Å². The molecule has 8 heteroatoms. The summed E-state index contributed by atoms with van der Waals surface area (Å²) in [5.74, 6) is 0.677. The average molecular weight is 377 g/mol. The Morgan fingerprint density at radius 3 is 3.00 bits per heavy atom. The van der Waals surface area contributed by atoms with Gasteiger partial charge in [-0.05, 0) is 30.2 Å². The van der Waals surface area contributed by atoms with Crippen molar-refractivity contribution in [1.82, 2.24) is 15.5 Å². The van der Waals surface area contributed by atoms with Gasteiger partial charge in [-0.25, -0.2) is 0 Å². The molecule has 0 unspecified atom stereocenters. The highest BCUT2D eigenvalue weighted by Gasteiger charge is 2.23. The minimum atomic E-state index is -0.451. The van der Waals surface area contributed by atoms with Crippen molar-refractivity contribution in [3.63, 3.8) is 0 Å². The van der Waals surface area contributed by atoms with Crippen LogP contribution in [0, 0.1) is 5.92 Å². The van der Waals surface area contributed by atoms with E-state index in [-0.39, 0.29) is 25.0 Å². The van der Waals surface area contributed by atoms with Crippen LogP contribution in [0.4, 0.5) is 0 Å². The summed E-state index contributed by atoms with van der Waals surface area (Å²) in [6, 6.07) is 4.00. The third-order valence-electron chi connectivity index (χ3n) is 4.57. The van der Waals surface area contributed by atoms with E-state index < -0.39 is 5.97 Å². The lowest BCUT2D eigenvalue weighted by atomic mass is 9.86. The Kier molecular flexibility index (Phi) is 6.38. The summed E-state index contributed by atoms with van der Waals surface area (Å²) >= 11 is 1.52. The fourth-order valence-electron chi connectivity index (χ4n) is 3.07. The third-order valence-corrected chi connectivity index (χ3v) is 5.44. The maximum Gasteiger partial charge on any atom is 0.306 e. The molecule has 0 bridgehead atoms. The Balaban J connectivity index is 1.37. The Bertz CT molecular complexity index is 729. The van der Waals surface area contributed by atoms with Gasteiger partial charge in [0, 0.05) is 12.5 Å². The lowest BCUT2D eigenvalue weighted by molar-refractivity contribution is -0.148. The highest BCUT2D eigenvalue weighted by Crippen LogP contribution is 2.23. The predicted octanol–water partition coefficient (Wildman–Crippen LogP) is 2.97. The number of nitrogens with one attached hydrogen (secondary N) is 1. The number of ether oxygens (including phenoxy) is 1. The molecule has 0 aromatic carbocycles. The van der Waals surface area contributed by atoms with Crippen LogP contribution < -0.4 is 5.32 Å². The summed E-state index contributed by atoms with van der Waals surface area (Å²) in [5.41, 5.74) is 0. The first-order valence-corrected chi connectivity index (χ1v) is 9.81. The number of carbonyl (C=O) groups is 2. The van der Waals surface area contributed by atoms with Crippen molar-refractivity contribution >= 4 is 23.2 Å². The summed E-state index contributed by atoms with van der Waals surface area (Å²) in [6.07, 6.45) is 4.85. The van der Waals surface area contributed by atoms with Crippen molar-refractivity contribution in [3.8, 4) is 10.7 Å². The molecular formula is C18H23N3O4S. The third kappa shape index (κ3) is 5.14. The van der Waals surface area contributed by atoms with Gasteiger partial charge in [-0.15, -0.1) is 11.3 Å². The molecule has 3 rings (SSSR count). The fourth-order valence-corrected chi connectivity index (χ4v) is 3.72. The van der Waals surface area contributed by atoms with Crippen LogP contribution in [-0.2, 0) is 20.7 Å². The van der Waals surface area contributed by atoms with Crippen LogP contribution in [-0.4, -0.2) is 34.7 Å². The summed E-state index contributed by atoms with van der Waals surface area (Å²) in [5, 5.41) is 8.78. The van der Waals surface area contributed by atoms with Gasteiger partial charge in [0.15, 0.2) is 6.61 Å². The zero-order valence-corrected chi connectivity index (χ0v) is 15.6. The molecule has 1 amide bonds.